The number of hydrogen-bond acceptors (Lipinski definition) is 4. The van der Waals surface area contributed by atoms with Crippen molar-refractivity contribution in [2.24, 2.45) is 0 Å². The van der Waals surface area contributed by atoms with Crippen molar-refractivity contribution in [2.45, 2.75) is 39.3 Å². The molecule has 0 saturated carbocycles. The molecule has 0 bridgehead atoms. The number of amides is 2. The van der Waals surface area contributed by atoms with Crippen LogP contribution in [0.1, 0.15) is 37.6 Å². The number of methoxy groups -OCH3 is 1. The number of anilines is 1. The van der Waals surface area contributed by atoms with Crippen molar-refractivity contribution >= 4 is 17.5 Å². The standard InChI is InChI=1S/C21H26N2O4/c1-5-19(27-16-10-8-9-15(13-16)26-4)21(25)23-18-12-7-6-11-17(18)20(24)22-14(2)3/h6-14,19H,5H2,1-4H3,(H,22,24)(H,23,25)/t19-/m1/s1. The van der Waals surface area contributed by atoms with Crippen molar-refractivity contribution in [3.05, 3.63) is 54.1 Å². The van der Waals surface area contributed by atoms with Crippen LogP contribution in [0.5, 0.6) is 11.5 Å². The maximum absolute atomic E-state index is 12.7. The second-order valence-electron chi connectivity index (χ2n) is 6.36. The van der Waals surface area contributed by atoms with E-state index in [1.165, 1.54) is 0 Å². The second-order valence-corrected chi connectivity index (χ2v) is 6.36. The van der Waals surface area contributed by atoms with Gasteiger partial charge in [-0.3, -0.25) is 9.59 Å². The fourth-order valence-electron chi connectivity index (χ4n) is 2.50. The average Bonchev–Trinajstić information content (AvgIpc) is 2.66. The third kappa shape index (κ3) is 5.74. The van der Waals surface area contributed by atoms with E-state index in [4.69, 9.17) is 9.47 Å². The van der Waals surface area contributed by atoms with Crippen LogP contribution in [0.4, 0.5) is 5.69 Å². The second kappa shape index (κ2) is 9.62. The largest absolute Gasteiger partial charge is 0.497 e. The van der Waals surface area contributed by atoms with Gasteiger partial charge in [-0.1, -0.05) is 25.1 Å². The van der Waals surface area contributed by atoms with Crippen LogP contribution in [0, 0.1) is 0 Å². The molecule has 2 aromatic rings. The molecule has 0 saturated heterocycles. The molecule has 27 heavy (non-hydrogen) atoms. The Labute approximate surface area is 159 Å². The van der Waals surface area contributed by atoms with Crippen LogP contribution in [0.25, 0.3) is 0 Å². The minimum Gasteiger partial charge on any atom is -0.497 e. The zero-order valence-corrected chi connectivity index (χ0v) is 16.1. The van der Waals surface area contributed by atoms with Crippen molar-refractivity contribution in [2.75, 3.05) is 12.4 Å². The number of benzene rings is 2. The summed E-state index contributed by atoms with van der Waals surface area (Å²) in [6, 6.07) is 14.0. The first-order valence-corrected chi connectivity index (χ1v) is 8.96. The van der Waals surface area contributed by atoms with E-state index in [9.17, 15) is 9.59 Å². The molecule has 2 rings (SSSR count). The molecule has 6 heteroatoms. The monoisotopic (exact) mass is 370 g/mol. The summed E-state index contributed by atoms with van der Waals surface area (Å²) in [5, 5.41) is 5.64. The van der Waals surface area contributed by atoms with Gasteiger partial charge in [0.1, 0.15) is 11.5 Å². The molecule has 0 aliphatic heterocycles. The van der Waals surface area contributed by atoms with Gasteiger partial charge >= 0.3 is 0 Å². The van der Waals surface area contributed by atoms with Crippen LogP contribution in [0.15, 0.2) is 48.5 Å². The van der Waals surface area contributed by atoms with Crippen molar-refractivity contribution in [3.8, 4) is 11.5 Å². The number of nitrogens with one attached hydrogen (secondary N) is 2. The van der Waals surface area contributed by atoms with Gasteiger partial charge < -0.3 is 20.1 Å². The third-order valence-electron chi connectivity index (χ3n) is 3.83. The molecule has 0 unspecified atom stereocenters. The molecule has 144 valence electrons. The van der Waals surface area contributed by atoms with Gasteiger partial charge in [0.2, 0.25) is 0 Å². The van der Waals surface area contributed by atoms with Crippen LogP contribution in [-0.2, 0) is 4.79 Å². The van der Waals surface area contributed by atoms with Gasteiger partial charge in [0.05, 0.1) is 18.4 Å². The molecule has 0 radical (unpaired) electrons. The first-order valence-electron chi connectivity index (χ1n) is 8.96. The first kappa shape index (κ1) is 20.3. The highest BCUT2D eigenvalue weighted by Gasteiger charge is 2.21. The summed E-state index contributed by atoms with van der Waals surface area (Å²) in [5.41, 5.74) is 0.865. The molecule has 1 atom stereocenters. The fraction of sp³-hybridized carbons (Fsp3) is 0.333. The van der Waals surface area contributed by atoms with Crippen molar-refractivity contribution < 1.29 is 19.1 Å². The Hall–Kier alpha value is -3.02. The highest BCUT2D eigenvalue weighted by molar-refractivity contribution is 6.04. The van der Waals surface area contributed by atoms with E-state index in [0.29, 0.717) is 29.2 Å². The van der Waals surface area contributed by atoms with E-state index in [1.54, 1.807) is 55.6 Å². The first-order chi connectivity index (χ1) is 12.9. The summed E-state index contributed by atoms with van der Waals surface area (Å²) in [4.78, 5) is 25.1. The summed E-state index contributed by atoms with van der Waals surface area (Å²) in [6.45, 7) is 5.63. The predicted octanol–water partition coefficient (Wildman–Crippen LogP) is 3.63. The quantitative estimate of drug-likeness (QED) is 0.744. The van der Waals surface area contributed by atoms with E-state index in [-0.39, 0.29) is 17.9 Å². The molecular weight excluding hydrogens is 344 g/mol. The number of hydrogen-bond donors (Lipinski definition) is 2. The maximum Gasteiger partial charge on any atom is 0.265 e. The number of carbonyl (C=O) groups is 2. The van der Waals surface area contributed by atoms with E-state index in [2.05, 4.69) is 10.6 Å². The molecular formula is C21H26N2O4. The molecule has 0 aliphatic rings. The van der Waals surface area contributed by atoms with Crippen molar-refractivity contribution in [3.63, 3.8) is 0 Å². The van der Waals surface area contributed by atoms with Gasteiger partial charge in [0, 0.05) is 12.1 Å². The Morgan fingerprint density at radius 1 is 1.04 bits per heavy atom. The maximum atomic E-state index is 12.7. The lowest BCUT2D eigenvalue weighted by Gasteiger charge is -2.19. The van der Waals surface area contributed by atoms with Crippen LogP contribution in [0.3, 0.4) is 0 Å². The van der Waals surface area contributed by atoms with Crippen LogP contribution in [-0.4, -0.2) is 31.1 Å². The lowest BCUT2D eigenvalue weighted by Crippen LogP contribution is -2.34. The topological polar surface area (TPSA) is 76.7 Å². The highest BCUT2D eigenvalue weighted by Crippen LogP contribution is 2.22. The SMILES string of the molecule is CC[C@@H](Oc1cccc(OC)c1)C(=O)Nc1ccccc1C(=O)NC(C)C. The molecule has 0 heterocycles. The highest BCUT2D eigenvalue weighted by atomic mass is 16.5. The summed E-state index contributed by atoms with van der Waals surface area (Å²) >= 11 is 0. The Morgan fingerprint density at radius 3 is 2.41 bits per heavy atom. The number of rotatable bonds is 8. The van der Waals surface area contributed by atoms with Crippen LogP contribution >= 0.6 is 0 Å². The van der Waals surface area contributed by atoms with Crippen LogP contribution < -0.4 is 20.1 Å². The van der Waals surface area contributed by atoms with Crippen molar-refractivity contribution in [1.82, 2.24) is 5.32 Å². The lowest BCUT2D eigenvalue weighted by atomic mass is 10.1. The van der Waals surface area contributed by atoms with E-state index in [1.807, 2.05) is 20.8 Å². The zero-order valence-electron chi connectivity index (χ0n) is 16.1. The Kier molecular flexibility index (Phi) is 7.23. The Bertz CT molecular complexity index is 789. The van der Waals surface area contributed by atoms with Gasteiger partial charge in [-0.05, 0) is 44.5 Å². The predicted molar refractivity (Wildman–Crippen MR) is 105 cm³/mol. The Morgan fingerprint density at radius 2 is 1.74 bits per heavy atom. The summed E-state index contributed by atoms with van der Waals surface area (Å²) in [5.74, 6) is 0.647. The minimum absolute atomic E-state index is 0.000965. The minimum atomic E-state index is -0.696. The number of para-hydroxylation sites is 1. The summed E-state index contributed by atoms with van der Waals surface area (Å²) in [6.07, 6.45) is -0.220. The van der Waals surface area contributed by atoms with Gasteiger partial charge in [0.15, 0.2) is 6.10 Å². The number of ether oxygens (including phenoxy) is 2. The number of carbonyl (C=O) groups excluding carboxylic acids is 2. The Balaban J connectivity index is 2.13. The normalized spacial score (nSPS) is 11.6. The zero-order chi connectivity index (χ0) is 19.8. The van der Waals surface area contributed by atoms with Gasteiger partial charge in [-0.25, -0.2) is 0 Å². The lowest BCUT2D eigenvalue weighted by molar-refractivity contribution is -0.122. The fourth-order valence-corrected chi connectivity index (χ4v) is 2.50. The summed E-state index contributed by atoms with van der Waals surface area (Å²) in [7, 11) is 1.57. The van der Waals surface area contributed by atoms with Crippen molar-refractivity contribution in [1.29, 1.82) is 0 Å². The molecule has 0 aliphatic carbocycles. The smallest absolute Gasteiger partial charge is 0.265 e. The van der Waals surface area contributed by atoms with Gasteiger partial charge in [-0.2, -0.15) is 0 Å². The van der Waals surface area contributed by atoms with E-state index in [0.717, 1.165) is 0 Å². The summed E-state index contributed by atoms with van der Waals surface area (Å²) < 4.78 is 11.0. The van der Waals surface area contributed by atoms with Gasteiger partial charge in [0.25, 0.3) is 11.8 Å². The average molecular weight is 370 g/mol. The third-order valence-corrected chi connectivity index (χ3v) is 3.83. The molecule has 0 spiro atoms. The molecule has 2 N–H and O–H groups in total. The van der Waals surface area contributed by atoms with Gasteiger partial charge in [-0.15, -0.1) is 0 Å². The van der Waals surface area contributed by atoms with E-state index < -0.39 is 6.10 Å². The molecule has 0 fully saturated rings. The van der Waals surface area contributed by atoms with E-state index >= 15 is 0 Å². The molecule has 2 amide bonds. The molecule has 0 aromatic heterocycles. The molecule has 2 aromatic carbocycles. The molecule has 6 nitrogen and oxygen atoms in total. The van der Waals surface area contributed by atoms with Crippen LogP contribution in [0.2, 0.25) is 0 Å².